The summed E-state index contributed by atoms with van der Waals surface area (Å²) in [5.41, 5.74) is 0.622. The first-order chi connectivity index (χ1) is 11.6. The van der Waals surface area contributed by atoms with Crippen molar-refractivity contribution in [1.82, 2.24) is 0 Å². The number of carboxylic acids is 1. The summed E-state index contributed by atoms with van der Waals surface area (Å²) in [5, 5.41) is 9.05. The molecule has 124 valence electrons. The van der Waals surface area contributed by atoms with Crippen molar-refractivity contribution in [1.29, 1.82) is 0 Å². The third-order valence-corrected chi connectivity index (χ3v) is 3.50. The molecule has 0 radical (unpaired) electrons. The number of ether oxygens (including phenoxy) is 1. The molecular formula is C19H18O5. The molecule has 0 amide bonds. The molecule has 24 heavy (non-hydrogen) atoms. The van der Waals surface area contributed by atoms with E-state index in [1.807, 2.05) is 18.2 Å². The van der Waals surface area contributed by atoms with Gasteiger partial charge in [-0.2, -0.15) is 0 Å². The van der Waals surface area contributed by atoms with Gasteiger partial charge in [-0.15, -0.1) is 0 Å². The van der Waals surface area contributed by atoms with Crippen LogP contribution in [0.4, 0.5) is 0 Å². The zero-order valence-corrected chi connectivity index (χ0v) is 13.1. The number of esters is 1. The molecule has 0 spiro atoms. The number of rotatable bonds is 8. The molecule has 2 aromatic rings. The first-order valence-corrected chi connectivity index (χ1v) is 7.67. The molecule has 0 unspecified atom stereocenters. The summed E-state index contributed by atoms with van der Waals surface area (Å²) in [6.45, 7) is 0.148. The lowest BCUT2D eigenvalue weighted by Gasteiger charge is -2.07. The van der Waals surface area contributed by atoms with Gasteiger partial charge in [0.05, 0.1) is 17.7 Å². The number of hydrogen-bond acceptors (Lipinski definition) is 4. The lowest BCUT2D eigenvalue weighted by Crippen LogP contribution is -2.12. The minimum Gasteiger partial charge on any atom is -0.478 e. The van der Waals surface area contributed by atoms with Crippen molar-refractivity contribution in [2.24, 2.45) is 0 Å². The van der Waals surface area contributed by atoms with Gasteiger partial charge < -0.3 is 9.84 Å². The second-order valence-corrected chi connectivity index (χ2v) is 5.23. The van der Waals surface area contributed by atoms with Gasteiger partial charge in [-0.3, -0.25) is 4.79 Å². The van der Waals surface area contributed by atoms with Crippen LogP contribution in [0, 0.1) is 0 Å². The molecule has 0 bridgehead atoms. The van der Waals surface area contributed by atoms with E-state index in [-0.39, 0.29) is 23.5 Å². The number of unbranched alkanes of at least 4 members (excludes halogenated alkanes) is 1. The van der Waals surface area contributed by atoms with E-state index >= 15 is 0 Å². The summed E-state index contributed by atoms with van der Waals surface area (Å²) in [7, 11) is 0. The molecule has 0 fully saturated rings. The number of carbonyl (C=O) groups is 3. The number of aromatic carboxylic acids is 1. The van der Waals surface area contributed by atoms with E-state index in [2.05, 4.69) is 0 Å². The predicted octanol–water partition coefficient (Wildman–Crippen LogP) is 3.59. The number of carbonyl (C=O) groups excluding carboxylic acids is 2. The summed E-state index contributed by atoms with van der Waals surface area (Å²) >= 11 is 0. The molecule has 0 aliphatic carbocycles. The topological polar surface area (TPSA) is 80.7 Å². The lowest BCUT2D eigenvalue weighted by atomic mass is 10.1. The fourth-order valence-corrected chi connectivity index (χ4v) is 2.25. The molecular weight excluding hydrogens is 308 g/mol. The highest BCUT2D eigenvalue weighted by Crippen LogP contribution is 2.11. The molecule has 0 aliphatic heterocycles. The van der Waals surface area contributed by atoms with Crippen molar-refractivity contribution >= 4 is 17.7 Å². The van der Waals surface area contributed by atoms with Crippen molar-refractivity contribution < 1.29 is 24.2 Å². The van der Waals surface area contributed by atoms with Gasteiger partial charge >= 0.3 is 11.9 Å². The molecule has 2 aromatic carbocycles. The Morgan fingerprint density at radius 2 is 1.46 bits per heavy atom. The van der Waals surface area contributed by atoms with Crippen molar-refractivity contribution in [3.63, 3.8) is 0 Å². The van der Waals surface area contributed by atoms with Crippen LogP contribution < -0.4 is 0 Å². The Morgan fingerprint density at radius 1 is 0.833 bits per heavy atom. The van der Waals surface area contributed by atoms with Crippen LogP contribution in [0.15, 0.2) is 54.6 Å². The monoisotopic (exact) mass is 326 g/mol. The van der Waals surface area contributed by atoms with Gasteiger partial charge in [0.15, 0.2) is 5.78 Å². The van der Waals surface area contributed by atoms with Gasteiger partial charge in [0.1, 0.15) is 0 Å². The molecule has 1 N–H and O–H groups in total. The van der Waals surface area contributed by atoms with E-state index in [1.165, 1.54) is 12.1 Å². The van der Waals surface area contributed by atoms with Crippen molar-refractivity contribution in [2.75, 3.05) is 6.61 Å². The second kappa shape index (κ2) is 8.62. The standard InChI is InChI=1S/C19H18O5/c20-17(14-8-2-1-3-9-14)12-6-7-13-24-19(23)16-11-5-4-10-15(16)18(21)22/h1-5,8-11H,6-7,12-13H2,(H,21,22). The second-order valence-electron chi connectivity index (χ2n) is 5.23. The molecule has 0 atom stereocenters. The van der Waals surface area contributed by atoms with Crippen LogP contribution >= 0.6 is 0 Å². The van der Waals surface area contributed by atoms with E-state index in [1.54, 1.807) is 24.3 Å². The van der Waals surface area contributed by atoms with Crippen LogP contribution in [0.5, 0.6) is 0 Å². The molecule has 5 heteroatoms. The number of hydrogen-bond donors (Lipinski definition) is 1. The van der Waals surface area contributed by atoms with Crippen LogP contribution in [0.2, 0.25) is 0 Å². The van der Waals surface area contributed by atoms with Crippen molar-refractivity contribution in [2.45, 2.75) is 19.3 Å². The van der Waals surface area contributed by atoms with E-state index in [4.69, 9.17) is 9.84 Å². The fourth-order valence-electron chi connectivity index (χ4n) is 2.25. The first-order valence-electron chi connectivity index (χ1n) is 7.67. The Labute approximate surface area is 139 Å². The number of carboxylic acid groups (broad SMARTS) is 1. The smallest absolute Gasteiger partial charge is 0.339 e. The van der Waals surface area contributed by atoms with Gasteiger partial charge in [0, 0.05) is 12.0 Å². The number of Topliss-reactive ketones (excluding diaryl/α,β-unsaturated/α-hetero) is 1. The molecule has 0 saturated heterocycles. The van der Waals surface area contributed by atoms with Gasteiger partial charge in [0.2, 0.25) is 0 Å². The summed E-state index contributed by atoms with van der Waals surface area (Å²) in [6.07, 6.45) is 1.52. The predicted molar refractivity (Wildman–Crippen MR) is 88.3 cm³/mol. The van der Waals surface area contributed by atoms with Gasteiger partial charge in [-0.25, -0.2) is 9.59 Å². The molecule has 0 aromatic heterocycles. The van der Waals surface area contributed by atoms with E-state index < -0.39 is 11.9 Å². The highest BCUT2D eigenvalue weighted by Gasteiger charge is 2.16. The lowest BCUT2D eigenvalue weighted by molar-refractivity contribution is 0.0488. The summed E-state index contributed by atoms with van der Waals surface area (Å²) in [4.78, 5) is 34.9. The molecule has 0 saturated carbocycles. The Balaban J connectivity index is 1.76. The Kier molecular flexibility index (Phi) is 6.25. The maximum Gasteiger partial charge on any atom is 0.339 e. The maximum absolute atomic E-state index is 11.9. The molecule has 2 rings (SSSR count). The minimum atomic E-state index is -1.17. The third kappa shape index (κ3) is 4.78. The van der Waals surface area contributed by atoms with Gasteiger partial charge in [-0.1, -0.05) is 42.5 Å². The van der Waals surface area contributed by atoms with Gasteiger partial charge in [-0.05, 0) is 25.0 Å². The van der Waals surface area contributed by atoms with Crippen LogP contribution in [0.1, 0.15) is 50.3 Å². The maximum atomic E-state index is 11.9. The third-order valence-electron chi connectivity index (χ3n) is 3.50. The highest BCUT2D eigenvalue weighted by atomic mass is 16.5. The summed E-state index contributed by atoms with van der Waals surface area (Å²) in [6, 6.07) is 14.9. The Hall–Kier alpha value is -2.95. The fraction of sp³-hybridized carbons (Fsp3) is 0.211. The highest BCUT2D eigenvalue weighted by molar-refractivity contribution is 6.02. The molecule has 5 nitrogen and oxygen atoms in total. The van der Waals surface area contributed by atoms with Crippen molar-refractivity contribution in [3.05, 3.63) is 71.3 Å². The van der Waals surface area contributed by atoms with E-state index in [9.17, 15) is 14.4 Å². The quantitative estimate of drug-likeness (QED) is 0.455. The largest absolute Gasteiger partial charge is 0.478 e. The molecule has 0 aliphatic rings. The van der Waals surface area contributed by atoms with Crippen LogP contribution in [-0.2, 0) is 4.74 Å². The number of benzene rings is 2. The van der Waals surface area contributed by atoms with E-state index in [0.717, 1.165) is 0 Å². The van der Waals surface area contributed by atoms with Crippen LogP contribution in [-0.4, -0.2) is 29.4 Å². The first kappa shape index (κ1) is 17.4. The normalized spacial score (nSPS) is 10.2. The average Bonchev–Trinajstić information content (AvgIpc) is 2.61. The minimum absolute atomic E-state index is 0.0327. The van der Waals surface area contributed by atoms with E-state index in [0.29, 0.717) is 24.8 Å². The van der Waals surface area contributed by atoms with Crippen molar-refractivity contribution in [3.8, 4) is 0 Å². The van der Waals surface area contributed by atoms with Crippen LogP contribution in [0.25, 0.3) is 0 Å². The van der Waals surface area contributed by atoms with Crippen LogP contribution in [0.3, 0.4) is 0 Å². The zero-order chi connectivity index (χ0) is 17.4. The Morgan fingerprint density at radius 3 is 2.12 bits per heavy atom. The zero-order valence-electron chi connectivity index (χ0n) is 13.1. The molecule has 0 heterocycles. The number of ketones is 1. The van der Waals surface area contributed by atoms with Gasteiger partial charge in [0.25, 0.3) is 0 Å². The summed E-state index contributed by atoms with van der Waals surface area (Å²) < 4.78 is 5.09. The average molecular weight is 326 g/mol. The summed E-state index contributed by atoms with van der Waals surface area (Å²) in [5.74, 6) is -1.78. The Bertz CT molecular complexity index is 722. The SMILES string of the molecule is O=C(CCCCOC(=O)c1ccccc1C(=O)O)c1ccccc1.